The Kier molecular flexibility index (Phi) is 5.19. The zero-order valence-electron chi connectivity index (χ0n) is 9.01. The minimum absolute atomic E-state index is 0.604. The fourth-order valence-corrected chi connectivity index (χ4v) is 1.94. The smallest absolute Gasteiger partial charge is 0.166 e. The number of ether oxygens (including phenoxy) is 1. The third kappa shape index (κ3) is 4.24. The molecule has 0 atom stereocenters. The van der Waals surface area contributed by atoms with Crippen molar-refractivity contribution >= 4 is 17.3 Å². The molecule has 1 rings (SSSR count). The van der Waals surface area contributed by atoms with Crippen molar-refractivity contribution < 1.29 is 4.74 Å². The first-order chi connectivity index (χ1) is 6.72. The second kappa shape index (κ2) is 6.19. The van der Waals surface area contributed by atoms with E-state index in [0.717, 1.165) is 30.6 Å². The monoisotopic (exact) mass is 216 g/mol. The van der Waals surface area contributed by atoms with Crippen LogP contribution in [-0.2, 0) is 4.74 Å². The summed E-state index contributed by atoms with van der Waals surface area (Å²) in [4.78, 5) is 0. The molecule has 0 spiro atoms. The first kappa shape index (κ1) is 11.7. The molecule has 0 radical (unpaired) electrons. The van der Waals surface area contributed by atoms with Crippen molar-refractivity contribution in [1.29, 1.82) is 0 Å². The number of hydrogen-bond donors (Lipinski definition) is 2. The first-order valence-electron chi connectivity index (χ1n) is 5.25. The van der Waals surface area contributed by atoms with Crippen LogP contribution in [0.15, 0.2) is 0 Å². The van der Waals surface area contributed by atoms with E-state index in [1.165, 1.54) is 12.8 Å². The Morgan fingerprint density at radius 1 is 1.50 bits per heavy atom. The molecule has 1 aliphatic carbocycles. The molecule has 0 unspecified atom stereocenters. The number of methoxy groups -OCH3 is 1. The topological polar surface area (TPSA) is 33.3 Å². The van der Waals surface area contributed by atoms with Gasteiger partial charge in [0.05, 0.1) is 0 Å². The number of hydrogen-bond acceptors (Lipinski definition) is 2. The fraction of sp³-hybridized carbons (Fsp3) is 0.900. The highest BCUT2D eigenvalue weighted by atomic mass is 32.1. The summed E-state index contributed by atoms with van der Waals surface area (Å²) in [6, 6.07) is 0.604. The standard InChI is InChI=1S/C10H20N2OS/c1-8-6-9(7-8)12-10(14)11-4-3-5-13-2/h8-9H,3-7H2,1-2H3,(H2,11,12,14). The van der Waals surface area contributed by atoms with Crippen LogP contribution in [0.3, 0.4) is 0 Å². The molecule has 1 aliphatic rings. The molecule has 0 saturated heterocycles. The van der Waals surface area contributed by atoms with Crippen molar-refractivity contribution in [2.45, 2.75) is 32.2 Å². The lowest BCUT2D eigenvalue weighted by atomic mass is 9.82. The van der Waals surface area contributed by atoms with Gasteiger partial charge in [-0.1, -0.05) is 6.92 Å². The summed E-state index contributed by atoms with van der Waals surface area (Å²) >= 11 is 5.16. The van der Waals surface area contributed by atoms with Gasteiger partial charge < -0.3 is 15.4 Å². The zero-order chi connectivity index (χ0) is 10.4. The molecule has 0 aromatic heterocycles. The Morgan fingerprint density at radius 3 is 2.79 bits per heavy atom. The number of thiocarbonyl (C=S) groups is 1. The van der Waals surface area contributed by atoms with Crippen LogP contribution in [0.4, 0.5) is 0 Å². The summed E-state index contributed by atoms with van der Waals surface area (Å²) in [5.74, 6) is 0.865. The van der Waals surface area contributed by atoms with Crippen molar-refractivity contribution in [3.05, 3.63) is 0 Å². The average Bonchev–Trinajstić information content (AvgIpc) is 2.10. The Balaban J connectivity index is 1.94. The maximum Gasteiger partial charge on any atom is 0.166 e. The van der Waals surface area contributed by atoms with Crippen LogP contribution in [0.1, 0.15) is 26.2 Å². The molecular weight excluding hydrogens is 196 g/mol. The molecule has 0 amide bonds. The van der Waals surface area contributed by atoms with E-state index in [0.29, 0.717) is 6.04 Å². The molecule has 1 fully saturated rings. The molecule has 0 aromatic rings. The van der Waals surface area contributed by atoms with E-state index >= 15 is 0 Å². The lowest BCUT2D eigenvalue weighted by molar-refractivity contribution is 0.195. The van der Waals surface area contributed by atoms with Gasteiger partial charge in [0.15, 0.2) is 5.11 Å². The maximum absolute atomic E-state index is 5.16. The summed E-state index contributed by atoms with van der Waals surface area (Å²) < 4.78 is 4.95. The van der Waals surface area contributed by atoms with Crippen molar-refractivity contribution in [3.8, 4) is 0 Å². The van der Waals surface area contributed by atoms with Crippen LogP contribution in [0.25, 0.3) is 0 Å². The SMILES string of the molecule is COCCCNC(=S)NC1CC(C)C1. The van der Waals surface area contributed by atoms with Gasteiger partial charge in [-0.2, -0.15) is 0 Å². The van der Waals surface area contributed by atoms with Crippen molar-refractivity contribution in [3.63, 3.8) is 0 Å². The van der Waals surface area contributed by atoms with Gasteiger partial charge in [0, 0.05) is 26.3 Å². The van der Waals surface area contributed by atoms with Gasteiger partial charge in [0.25, 0.3) is 0 Å². The molecule has 82 valence electrons. The van der Waals surface area contributed by atoms with E-state index < -0.39 is 0 Å². The van der Waals surface area contributed by atoms with E-state index in [4.69, 9.17) is 17.0 Å². The summed E-state index contributed by atoms with van der Waals surface area (Å²) in [6.45, 7) is 3.95. The molecule has 14 heavy (non-hydrogen) atoms. The van der Waals surface area contributed by atoms with Gasteiger partial charge >= 0.3 is 0 Å². The van der Waals surface area contributed by atoms with Gasteiger partial charge in [-0.3, -0.25) is 0 Å². The highest BCUT2D eigenvalue weighted by Crippen LogP contribution is 2.25. The molecule has 2 N–H and O–H groups in total. The largest absolute Gasteiger partial charge is 0.385 e. The van der Waals surface area contributed by atoms with Crippen LogP contribution in [0.5, 0.6) is 0 Å². The predicted molar refractivity (Wildman–Crippen MR) is 62.4 cm³/mol. The first-order valence-corrected chi connectivity index (χ1v) is 5.66. The minimum atomic E-state index is 0.604. The number of rotatable bonds is 5. The average molecular weight is 216 g/mol. The van der Waals surface area contributed by atoms with Crippen LogP contribution in [0, 0.1) is 5.92 Å². The van der Waals surface area contributed by atoms with Crippen molar-refractivity contribution in [1.82, 2.24) is 10.6 Å². The van der Waals surface area contributed by atoms with E-state index in [1.54, 1.807) is 7.11 Å². The van der Waals surface area contributed by atoms with Crippen LogP contribution in [0.2, 0.25) is 0 Å². The van der Waals surface area contributed by atoms with Crippen LogP contribution in [-0.4, -0.2) is 31.4 Å². The minimum Gasteiger partial charge on any atom is -0.385 e. The summed E-state index contributed by atoms with van der Waals surface area (Å²) in [5.41, 5.74) is 0. The lowest BCUT2D eigenvalue weighted by Crippen LogP contribution is -2.47. The molecular formula is C10H20N2OS. The van der Waals surface area contributed by atoms with Gasteiger partial charge in [0.2, 0.25) is 0 Å². The van der Waals surface area contributed by atoms with Crippen LogP contribution >= 0.6 is 12.2 Å². The molecule has 1 saturated carbocycles. The molecule has 3 nitrogen and oxygen atoms in total. The Hall–Kier alpha value is -0.350. The quantitative estimate of drug-likeness (QED) is 0.536. The summed E-state index contributed by atoms with van der Waals surface area (Å²) in [6.07, 6.45) is 3.50. The Bertz CT molecular complexity index is 181. The third-order valence-corrected chi connectivity index (χ3v) is 2.78. The van der Waals surface area contributed by atoms with Gasteiger partial charge in [0.1, 0.15) is 0 Å². The Morgan fingerprint density at radius 2 is 2.21 bits per heavy atom. The van der Waals surface area contributed by atoms with E-state index in [-0.39, 0.29) is 0 Å². The number of nitrogens with one attached hydrogen (secondary N) is 2. The normalized spacial score (nSPS) is 25.3. The highest BCUT2D eigenvalue weighted by molar-refractivity contribution is 7.80. The second-order valence-electron chi connectivity index (χ2n) is 4.02. The molecule has 4 heteroatoms. The van der Waals surface area contributed by atoms with Crippen LogP contribution < -0.4 is 10.6 Å². The fourth-order valence-electron chi connectivity index (χ4n) is 1.68. The van der Waals surface area contributed by atoms with Gasteiger partial charge in [-0.25, -0.2) is 0 Å². The van der Waals surface area contributed by atoms with Gasteiger partial charge in [-0.15, -0.1) is 0 Å². The van der Waals surface area contributed by atoms with E-state index in [2.05, 4.69) is 17.6 Å². The highest BCUT2D eigenvalue weighted by Gasteiger charge is 2.25. The van der Waals surface area contributed by atoms with E-state index in [9.17, 15) is 0 Å². The third-order valence-electron chi connectivity index (χ3n) is 2.52. The predicted octanol–water partition coefficient (Wildman–Crippen LogP) is 1.29. The second-order valence-corrected chi connectivity index (χ2v) is 4.43. The van der Waals surface area contributed by atoms with Gasteiger partial charge in [-0.05, 0) is 37.4 Å². The summed E-state index contributed by atoms with van der Waals surface area (Å²) in [7, 11) is 1.71. The molecule has 0 bridgehead atoms. The van der Waals surface area contributed by atoms with Crippen molar-refractivity contribution in [2.24, 2.45) is 5.92 Å². The zero-order valence-corrected chi connectivity index (χ0v) is 9.82. The Labute approximate surface area is 91.6 Å². The molecule has 0 aromatic carbocycles. The lowest BCUT2D eigenvalue weighted by Gasteiger charge is -2.34. The van der Waals surface area contributed by atoms with E-state index in [1.807, 2.05) is 0 Å². The summed E-state index contributed by atoms with van der Waals surface area (Å²) in [5, 5.41) is 7.26. The maximum atomic E-state index is 5.16. The molecule has 0 heterocycles. The molecule has 0 aliphatic heterocycles. The van der Waals surface area contributed by atoms with Crippen molar-refractivity contribution in [2.75, 3.05) is 20.3 Å².